The van der Waals surface area contributed by atoms with Crippen molar-refractivity contribution in [3.8, 4) is 0 Å². The van der Waals surface area contributed by atoms with Gasteiger partial charge in [-0.25, -0.2) is 0 Å². The largest absolute Gasteiger partial charge is 0.361 e. The third-order valence-corrected chi connectivity index (χ3v) is 2.32. The highest BCUT2D eigenvalue weighted by Crippen LogP contribution is 2.17. The maximum Gasteiger partial charge on any atom is 0.0385 e. The summed E-state index contributed by atoms with van der Waals surface area (Å²) in [5, 5.41) is 0. The maximum absolute atomic E-state index is 3.39. The first-order valence-corrected chi connectivity index (χ1v) is 4.11. The Kier molecular flexibility index (Phi) is 1.50. The van der Waals surface area contributed by atoms with Crippen molar-refractivity contribution in [2.45, 2.75) is 19.9 Å². The number of nitrogens with zero attached hydrogens (tertiary/aromatic N) is 1. The van der Waals surface area contributed by atoms with Crippen LogP contribution in [0.15, 0.2) is 6.07 Å². The number of likely N-dealkylation sites (N-methyl/N-ethyl adjacent to an activating group) is 1. The van der Waals surface area contributed by atoms with Crippen molar-refractivity contribution in [3.63, 3.8) is 0 Å². The molecule has 11 heavy (non-hydrogen) atoms. The summed E-state index contributed by atoms with van der Waals surface area (Å²) in [7, 11) is 2.17. The van der Waals surface area contributed by atoms with Gasteiger partial charge in [0.25, 0.3) is 0 Å². The van der Waals surface area contributed by atoms with Crippen LogP contribution in [0, 0.1) is 6.92 Å². The lowest BCUT2D eigenvalue weighted by Gasteiger charge is -2.21. The van der Waals surface area contributed by atoms with Gasteiger partial charge in [-0.15, -0.1) is 0 Å². The van der Waals surface area contributed by atoms with E-state index in [9.17, 15) is 0 Å². The lowest BCUT2D eigenvalue weighted by Crippen LogP contribution is -2.25. The molecule has 0 bridgehead atoms. The van der Waals surface area contributed by atoms with E-state index in [1.807, 2.05) is 0 Å². The molecule has 2 rings (SSSR count). The predicted molar refractivity (Wildman–Crippen MR) is 45.6 cm³/mol. The fourth-order valence-corrected chi connectivity index (χ4v) is 1.73. The second kappa shape index (κ2) is 2.38. The molecule has 2 heterocycles. The van der Waals surface area contributed by atoms with Gasteiger partial charge in [0.2, 0.25) is 0 Å². The molecule has 0 radical (unpaired) electrons. The van der Waals surface area contributed by atoms with Crippen LogP contribution < -0.4 is 0 Å². The van der Waals surface area contributed by atoms with Crippen LogP contribution in [0.3, 0.4) is 0 Å². The molecule has 1 aliphatic rings. The highest BCUT2D eigenvalue weighted by molar-refractivity contribution is 5.27. The molecular weight excluding hydrogens is 136 g/mol. The van der Waals surface area contributed by atoms with Gasteiger partial charge in [0.1, 0.15) is 0 Å². The lowest BCUT2D eigenvalue weighted by molar-refractivity contribution is 0.309. The number of rotatable bonds is 0. The summed E-state index contributed by atoms with van der Waals surface area (Å²) in [6, 6.07) is 2.27. The molecule has 1 N–H and O–H groups in total. The number of aryl methyl sites for hydroxylation is 1. The number of fused-ring (bicyclic) bond motifs is 1. The zero-order chi connectivity index (χ0) is 7.84. The highest BCUT2D eigenvalue weighted by atomic mass is 15.1. The molecule has 0 saturated carbocycles. The van der Waals surface area contributed by atoms with Crippen molar-refractivity contribution in [2.75, 3.05) is 13.6 Å². The van der Waals surface area contributed by atoms with E-state index in [1.165, 1.54) is 29.9 Å². The number of hydrogen-bond donors (Lipinski definition) is 1. The zero-order valence-corrected chi connectivity index (χ0v) is 7.15. The SMILES string of the molecule is Cc1cc2c([nH]1)CN(C)CC2. The van der Waals surface area contributed by atoms with Gasteiger partial charge in [0.05, 0.1) is 0 Å². The van der Waals surface area contributed by atoms with Gasteiger partial charge in [-0.2, -0.15) is 0 Å². The van der Waals surface area contributed by atoms with Crippen molar-refractivity contribution < 1.29 is 0 Å². The second-order valence-corrected chi connectivity index (χ2v) is 3.44. The molecule has 0 atom stereocenters. The fraction of sp³-hybridized carbons (Fsp3) is 0.556. The van der Waals surface area contributed by atoms with Gasteiger partial charge >= 0.3 is 0 Å². The standard InChI is InChI=1S/C9H14N2/c1-7-5-8-3-4-11(2)6-9(8)10-7/h5,10H,3-4,6H2,1-2H3. The Bertz CT molecular complexity index is 263. The summed E-state index contributed by atoms with van der Waals surface area (Å²) in [6.45, 7) is 4.41. The summed E-state index contributed by atoms with van der Waals surface area (Å²) in [4.78, 5) is 5.73. The summed E-state index contributed by atoms with van der Waals surface area (Å²) in [5.74, 6) is 0. The van der Waals surface area contributed by atoms with Gasteiger partial charge < -0.3 is 9.88 Å². The number of nitrogens with one attached hydrogen (secondary N) is 1. The van der Waals surface area contributed by atoms with Gasteiger partial charge in [0, 0.05) is 24.5 Å². The van der Waals surface area contributed by atoms with Crippen LogP contribution in [-0.4, -0.2) is 23.5 Å². The first-order chi connectivity index (χ1) is 5.25. The molecule has 1 aromatic heterocycles. The van der Waals surface area contributed by atoms with Gasteiger partial charge in [-0.3, -0.25) is 0 Å². The first-order valence-electron chi connectivity index (χ1n) is 4.11. The van der Waals surface area contributed by atoms with E-state index in [2.05, 4.69) is 29.9 Å². The summed E-state index contributed by atoms with van der Waals surface area (Å²) >= 11 is 0. The number of H-pyrrole nitrogens is 1. The molecule has 2 nitrogen and oxygen atoms in total. The predicted octanol–water partition coefficient (Wildman–Crippen LogP) is 1.31. The van der Waals surface area contributed by atoms with E-state index in [0.29, 0.717) is 0 Å². The van der Waals surface area contributed by atoms with E-state index in [1.54, 1.807) is 0 Å². The minimum absolute atomic E-state index is 1.09. The Morgan fingerprint density at radius 2 is 2.36 bits per heavy atom. The normalized spacial score (nSPS) is 18.4. The van der Waals surface area contributed by atoms with Crippen LogP contribution in [0.5, 0.6) is 0 Å². The smallest absolute Gasteiger partial charge is 0.0385 e. The lowest BCUT2D eigenvalue weighted by atomic mass is 10.1. The Hall–Kier alpha value is -0.760. The van der Waals surface area contributed by atoms with Crippen molar-refractivity contribution in [3.05, 3.63) is 23.0 Å². The third-order valence-electron chi connectivity index (χ3n) is 2.32. The van der Waals surface area contributed by atoms with Gasteiger partial charge in [0.15, 0.2) is 0 Å². The first kappa shape index (κ1) is 6.92. The minimum atomic E-state index is 1.09. The molecule has 0 fully saturated rings. The summed E-state index contributed by atoms with van der Waals surface area (Å²) in [6.07, 6.45) is 1.20. The molecule has 0 aliphatic carbocycles. The van der Waals surface area contributed by atoms with Crippen molar-refractivity contribution in [1.82, 2.24) is 9.88 Å². The monoisotopic (exact) mass is 150 g/mol. The molecule has 0 aromatic carbocycles. The Balaban J connectivity index is 2.34. The van der Waals surface area contributed by atoms with Crippen LogP contribution >= 0.6 is 0 Å². The molecular formula is C9H14N2. The van der Waals surface area contributed by atoms with Crippen LogP contribution in [0.25, 0.3) is 0 Å². The number of aromatic nitrogens is 1. The molecule has 0 amide bonds. The van der Waals surface area contributed by atoms with Gasteiger partial charge in [-0.05, 0) is 32.0 Å². The van der Waals surface area contributed by atoms with E-state index in [0.717, 1.165) is 6.54 Å². The molecule has 1 aromatic rings. The average molecular weight is 150 g/mol. The van der Waals surface area contributed by atoms with E-state index >= 15 is 0 Å². The topological polar surface area (TPSA) is 19.0 Å². The summed E-state index contributed by atoms with van der Waals surface area (Å²) in [5.41, 5.74) is 4.22. The molecule has 0 unspecified atom stereocenters. The quantitative estimate of drug-likeness (QED) is 0.591. The van der Waals surface area contributed by atoms with Crippen LogP contribution in [0.2, 0.25) is 0 Å². The summed E-state index contributed by atoms with van der Waals surface area (Å²) < 4.78 is 0. The van der Waals surface area contributed by atoms with E-state index in [-0.39, 0.29) is 0 Å². The highest BCUT2D eigenvalue weighted by Gasteiger charge is 2.13. The van der Waals surface area contributed by atoms with Gasteiger partial charge in [-0.1, -0.05) is 0 Å². The molecule has 1 aliphatic heterocycles. The number of hydrogen-bond acceptors (Lipinski definition) is 1. The van der Waals surface area contributed by atoms with Crippen molar-refractivity contribution in [1.29, 1.82) is 0 Å². The molecule has 0 saturated heterocycles. The molecule has 2 heteroatoms. The molecule has 0 spiro atoms. The van der Waals surface area contributed by atoms with Crippen LogP contribution in [0.1, 0.15) is 17.0 Å². The van der Waals surface area contributed by atoms with E-state index in [4.69, 9.17) is 0 Å². The third kappa shape index (κ3) is 1.18. The van der Waals surface area contributed by atoms with Crippen molar-refractivity contribution in [2.24, 2.45) is 0 Å². The molecule has 60 valence electrons. The zero-order valence-electron chi connectivity index (χ0n) is 7.15. The average Bonchev–Trinajstić information content (AvgIpc) is 2.27. The number of aromatic amines is 1. The maximum atomic E-state index is 3.39. The fourth-order valence-electron chi connectivity index (χ4n) is 1.73. The Morgan fingerprint density at radius 1 is 1.55 bits per heavy atom. The van der Waals surface area contributed by atoms with Crippen LogP contribution in [0.4, 0.5) is 0 Å². The Morgan fingerprint density at radius 3 is 3.18 bits per heavy atom. The second-order valence-electron chi connectivity index (χ2n) is 3.44. The minimum Gasteiger partial charge on any atom is -0.361 e. The van der Waals surface area contributed by atoms with Crippen molar-refractivity contribution >= 4 is 0 Å². The van der Waals surface area contributed by atoms with E-state index < -0.39 is 0 Å². The van der Waals surface area contributed by atoms with Crippen LogP contribution in [-0.2, 0) is 13.0 Å². The Labute approximate surface area is 67.2 Å².